The molecule has 0 radical (unpaired) electrons. The van der Waals surface area contributed by atoms with Crippen molar-refractivity contribution in [1.29, 1.82) is 5.26 Å². The van der Waals surface area contributed by atoms with Crippen LogP contribution >= 0.6 is 0 Å². The summed E-state index contributed by atoms with van der Waals surface area (Å²) >= 11 is 0. The highest BCUT2D eigenvalue weighted by Crippen LogP contribution is 2.30. The molecule has 21 heavy (non-hydrogen) atoms. The summed E-state index contributed by atoms with van der Waals surface area (Å²) in [6, 6.07) is 1.67. The fourth-order valence-corrected chi connectivity index (χ4v) is 4.15. The van der Waals surface area contributed by atoms with E-state index in [0.717, 1.165) is 5.71 Å². The van der Waals surface area contributed by atoms with Crippen molar-refractivity contribution in [2.75, 3.05) is 12.9 Å². The molecule has 1 atom stereocenters. The van der Waals surface area contributed by atoms with Crippen molar-refractivity contribution in [3.05, 3.63) is 0 Å². The fourth-order valence-electron chi connectivity index (χ4n) is 2.36. The third-order valence-electron chi connectivity index (χ3n) is 3.44. The van der Waals surface area contributed by atoms with E-state index in [1.54, 1.807) is 6.07 Å². The standard InChI is InChI=1S/C12H17F3N2O3S/c1-20-17-10-4-2-9(3-5-10)11(8-16)21(18,19)7-6-12(13,14)15/h9,11H,2-7H2,1H3/t9?,11-/m1/s1. The van der Waals surface area contributed by atoms with Gasteiger partial charge in [0.15, 0.2) is 15.1 Å². The minimum Gasteiger partial charge on any atom is -0.399 e. The summed E-state index contributed by atoms with van der Waals surface area (Å²) in [6.07, 6.45) is -4.16. The highest BCUT2D eigenvalue weighted by molar-refractivity contribution is 7.92. The summed E-state index contributed by atoms with van der Waals surface area (Å²) in [5.41, 5.74) is 0.776. The van der Waals surface area contributed by atoms with Crippen LogP contribution in [0.4, 0.5) is 13.2 Å². The predicted molar refractivity (Wildman–Crippen MR) is 70.3 cm³/mol. The SMILES string of the molecule is CON=C1CCC([C@@H](C#N)S(=O)(=O)CCC(F)(F)F)CC1. The Labute approximate surface area is 121 Å². The number of alkyl halides is 3. The number of nitriles is 1. The molecule has 0 amide bonds. The molecule has 1 rings (SSSR count). The molecule has 5 nitrogen and oxygen atoms in total. The topological polar surface area (TPSA) is 79.5 Å². The predicted octanol–water partition coefficient (Wildman–Crippen LogP) is 2.44. The number of hydrogen-bond donors (Lipinski definition) is 0. The van der Waals surface area contributed by atoms with Crippen molar-refractivity contribution >= 4 is 15.5 Å². The molecule has 0 aliphatic heterocycles. The first-order valence-corrected chi connectivity index (χ1v) is 8.18. The second-order valence-corrected chi connectivity index (χ2v) is 7.20. The van der Waals surface area contributed by atoms with Crippen molar-refractivity contribution in [1.82, 2.24) is 0 Å². The summed E-state index contributed by atoms with van der Waals surface area (Å²) in [7, 11) is -2.69. The lowest BCUT2D eigenvalue weighted by molar-refractivity contribution is -0.129. The van der Waals surface area contributed by atoms with Gasteiger partial charge in [0.1, 0.15) is 7.11 Å². The van der Waals surface area contributed by atoms with Gasteiger partial charge in [0.05, 0.1) is 24.0 Å². The van der Waals surface area contributed by atoms with Crippen LogP contribution in [0.5, 0.6) is 0 Å². The van der Waals surface area contributed by atoms with Crippen LogP contribution in [0.15, 0.2) is 5.16 Å². The molecule has 0 bridgehead atoms. The zero-order valence-corrected chi connectivity index (χ0v) is 12.4. The molecule has 0 N–H and O–H groups in total. The van der Waals surface area contributed by atoms with Crippen molar-refractivity contribution in [2.45, 2.75) is 43.5 Å². The average molecular weight is 326 g/mol. The molecular weight excluding hydrogens is 309 g/mol. The van der Waals surface area contributed by atoms with Crippen molar-refractivity contribution in [3.8, 4) is 6.07 Å². The Hall–Kier alpha value is -1.30. The van der Waals surface area contributed by atoms with Crippen LogP contribution in [-0.2, 0) is 14.7 Å². The summed E-state index contributed by atoms with van der Waals surface area (Å²) in [4.78, 5) is 4.63. The normalized spacial score (nSPS) is 21.5. The van der Waals surface area contributed by atoms with Crippen molar-refractivity contribution < 1.29 is 26.4 Å². The van der Waals surface area contributed by atoms with E-state index < -0.39 is 39.4 Å². The van der Waals surface area contributed by atoms with Gasteiger partial charge in [-0.05, 0) is 31.6 Å². The van der Waals surface area contributed by atoms with Crippen LogP contribution in [0, 0.1) is 17.2 Å². The van der Waals surface area contributed by atoms with Gasteiger partial charge in [0.2, 0.25) is 0 Å². The first-order valence-electron chi connectivity index (χ1n) is 6.46. The number of oxime groups is 1. The smallest absolute Gasteiger partial charge is 0.390 e. The van der Waals surface area contributed by atoms with Crippen LogP contribution in [0.1, 0.15) is 32.1 Å². The first kappa shape index (κ1) is 17.8. The molecule has 1 saturated carbocycles. The second kappa shape index (κ2) is 7.11. The van der Waals surface area contributed by atoms with Crippen LogP contribution < -0.4 is 0 Å². The summed E-state index contributed by atoms with van der Waals surface area (Å²) in [6.45, 7) is 0. The third kappa shape index (κ3) is 5.53. The monoisotopic (exact) mass is 326 g/mol. The summed E-state index contributed by atoms with van der Waals surface area (Å²) in [5.74, 6) is -1.49. The molecule has 120 valence electrons. The van der Waals surface area contributed by atoms with E-state index in [2.05, 4.69) is 9.99 Å². The Balaban J connectivity index is 2.71. The Morgan fingerprint density at radius 1 is 1.43 bits per heavy atom. The Morgan fingerprint density at radius 2 is 2.00 bits per heavy atom. The minimum atomic E-state index is -4.54. The first-order chi connectivity index (χ1) is 9.69. The van der Waals surface area contributed by atoms with Gasteiger partial charge in [-0.25, -0.2) is 8.42 Å². The molecule has 0 aromatic carbocycles. The Kier molecular flexibility index (Phi) is 6.01. The number of hydrogen-bond acceptors (Lipinski definition) is 5. The van der Waals surface area contributed by atoms with Gasteiger partial charge in [-0.2, -0.15) is 18.4 Å². The lowest BCUT2D eigenvalue weighted by Crippen LogP contribution is -2.34. The van der Waals surface area contributed by atoms with Gasteiger partial charge in [-0.1, -0.05) is 5.16 Å². The maximum Gasteiger partial charge on any atom is 0.390 e. The maximum absolute atomic E-state index is 12.2. The van der Waals surface area contributed by atoms with Gasteiger partial charge in [0.25, 0.3) is 0 Å². The van der Waals surface area contributed by atoms with Crippen molar-refractivity contribution in [3.63, 3.8) is 0 Å². The van der Waals surface area contributed by atoms with Crippen LogP contribution in [0.3, 0.4) is 0 Å². The van der Waals surface area contributed by atoms with Gasteiger partial charge in [-0.3, -0.25) is 0 Å². The van der Waals surface area contributed by atoms with E-state index in [9.17, 15) is 21.6 Å². The molecule has 1 aliphatic carbocycles. The van der Waals surface area contributed by atoms with Crippen molar-refractivity contribution in [2.24, 2.45) is 11.1 Å². The average Bonchev–Trinajstić information content (AvgIpc) is 2.39. The molecule has 0 aromatic heterocycles. The molecule has 0 saturated heterocycles. The van der Waals surface area contributed by atoms with Crippen LogP contribution in [-0.4, -0.2) is 38.4 Å². The van der Waals surface area contributed by atoms with E-state index in [1.807, 2.05) is 0 Å². The maximum atomic E-state index is 12.2. The molecule has 0 spiro atoms. The zero-order valence-electron chi connectivity index (χ0n) is 11.6. The Morgan fingerprint density at radius 3 is 2.43 bits per heavy atom. The molecule has 1 aliphatic rings. The van der Waals surface area contributed by atoms with Crippen LogP contribution in [0.2, 0.25) is 0 Å². The van der Waals surface area contributed by atoms with E-state index >= 15 is 0 Å². The number of halogens is 3. The number of nitrogens with zero attached hydrogens (tertiary/aromatic N) is 2. The highest BCUT2D eigenvalue weighted by atomic mass is 32.2. The largest absolute Gasteiger partial charge is 0.399 e. The molecule has 0 heterocycles. The van der Waals surface area contributed by atoms with Crippen LogP contribution in [0.25, 0.3) is 0 Å². The quantitative estimate of drug-likeness (QED) is 0.727. The van der Waals surface area contributed by atoms with E-state index in [4.69, 9.17) is 5.26 Å². The summed E-state index contributed by atoms with van der Waals surface area (Å²) in [5, 5.41) is 11.4. The molecule has 1 fully saturated rings. The minimum absolute atomic E-state index is 0.408. The fraction of sp³-hybridized carbons (Fsp3) is 0.833. The van der Waals surface area contributed by atoms with E-state index in [0.29, 0.717) is 25.7 Å². The van der Waals surface area contributed by atoms with Gasteiger partial charge in [0, 0.05) is 0 Å². The lowest BCUT2D eigenvalue weighted by Gasteiger charge is -2.26. The summed E-state index contributed by atoms with van der Waals surface area (Å²) < 4.78 is 60.3. The molecule has 9 heteroatoms. The highest BCUT2D eigenvalue weighted by Gasteiger charge is 2.38. The lowest BCUT2D eigenvalue weighted by atomic mass is 9.86. The second-order valence-electron chi connectivity index (χ2n) is 4.96. The van der Waals surface area contributed by atoms with E-state index in [1.165, 1.54) is 7.11 Å². The molecule has 0 aromatic rings. The third-order valence-corrected chi connectivity index (χ3v) is 5.48. The molecule has 0 unspecified atom stereocenters. The number of sulfone groups is 1. The Bertz CT molecular complexity index is 513. The zero-order chi connectivity index (χ0) is 16.1. The number of rotatable bonds is 5. The van der Waals surface area contributed by atoms with E-state index in [-0.39, 0.29) is 0 Å². The van der Waals surface area contributed by atoms with Gasteiger partial charge in [-0.15, -0.1) is 0 Å². The van der Waals surface area contributed by atoms with Gasteiger partial charge >= 0.3 is 6.18 Å². The molecular formula is C12H17F3N2O3S. The van der Waals surface area contributed by atoms with Gasteiger partial charge < -0.3 is 4.84 Å².